The summed E-state index contributed by atoms with van der Waals surface area (Å²) in [4.78, 5) is 37.0. The van der Waals surface area contributed by atoms with Gasteiger partial charge < -0.3 is 24.1 Å². The van der Waals surface area contributed by atoms with Gasteiger partial charge >= 0.3 is 5.97 Å². The highest BCUT2D eigenvalue weighted by Crippen LogP contribution is 2.33. The highest BCUT2D eigenvalue weighted by atomic mass is 16.6. The van der Waals surface area contributed by atoms with Gasteiger partial charge in [0.15, 0.2) is 18.1 Å². The number of hydrogen-bond donors (Lipinski definition) is 1. The van der Waals surface area contributed by atoms with Gasteiger partial charge in [0.2, 0.25) is 5.78 Å². The highest BCUT2D eigenvalue weighted by molar-refractivity contribution is 6.00. The summed E-state index contributed by atoms with van der Waals surface area (Å²) in [6, 6.07) is 14.4. The number of ether oxygens (including phenoxy) is 3. The van der Waals surface area contributed by atoms with Crippen molar-refractivity contribution >= 4 is 17.7 Å². The molecule has 0 fully saturated rings. The third-order valence-corrected chi connectivity index (χ3v) is 5.55. The van der Waals surface area contributed by atoms with Crippen LogP contribution in [0.2, 0.25) is 0 Å². The van der Waals surface area contributed by atoms with Gasteiger partial charge in [-0.3, -0.25) is 14.4 Å². The molecule has 1 amide bonds. The number of aromatic nitrogens is 1. The zero-order valence-electron chi connectivity index (χ0n) is 19.3. The molecule has 3 aromatic rings. The molecule has 0 atom stereocenters. The molecular weight excluding hydrogens is 436 g/mol. The number of Topliss-reactive ketones (excluding diaryl/α,β-unsaturated/α-hetero) is 1. The molecule has 8 nitrogen and oxygen atoms in total. The molecule has 0 spiro atoms. The van der Waals surface area contributed by atoms with Crippen LogP contribution in [0.15, 0.2) is 48.5 Å². The van der Waals surface area contributed by atoms with E-state index in [0.717, 1.165) is 22.6 Å². The number of carbonyl (C=O) groups is 3. The number of carbonyl (C=O) groups excluding carboxylic acids is 3. The Hall–Kier alpha value is -4.07. The molecule has 176 valence electrons. The fraction of sp³-hybridized carbons (Fsp3) is 0.269. The SMILES string of the molecule is Cc1cccc(C(=O)NCC(=O)OCC(=O)c2cc(C)n(-c3ccc4c(c3)OCCO4)c2C)c1. The number of amides is 1. The molecule has 4 rings (SSSR count). The summed E-state index contributed by atoms with van der Waals surface area (Å²) in [7, 11) is 0. The second-order valence-electron chi connectivity index (χ2n) is 8.08. The quantitative estimate of drug-likeness (QED) is 0.428. The minimum Gasteiger partial charge on any atom is -0.486 e. The lowest BCUT2D eigenvalue weighted by atomic mass is 10.1. The lowest BCUT2D eigenvalue weighted by molar-refractivity contribution is -0.141. The Morgan fingerprint density at radius 1 is 0.971 bits per heavy atom. The van der Waals surface area contributed by atoms with E-state index in [-0.39, 0.29) is 18.2 Å². The third kappa shape index (κ3) is 4.96. The van der Waals surface area contributed by atoms with Gasteiger partial charge in [-0.25, -0.2) is 0 Å². The molecule has 0 saturated heterocycles. The van der Waals surface area contributed by atoms with Crippen molar-refractivity contribution in [2.75, 3.05) is 26.4 Å². The van der Waals surface area contributed by atoms with E-state index < -0.39 is 12.6 Å². The number of ketones is 1. The van der Waals surface area contributed by atoms with Crippen LogP contribution in [0.25, 0.3) is 5.69 Å². The Balaban J connectivity index is 1.37. The van der Waals surface area contributed by atoms with Crippen LogP contribution in [-0.2, 0) is 9.53 Å². The van der Waals surface area contributed by atoms with E-state index in [0.29, 0.717) is 35.8 Å². The topological polar surface area (TPSA) is 95.9 Å². The van der Waals surface area contributed by atoms with E-state index in [1.807, 2.05) is 49.6 Å². The zero-order chi connectivity index (χ0) is 24.2. The maximum Gasteiger partial charge on any atom is 0.325 e. The molecule has 34 heavy (non-hydrogen) atoms. The Morgan fingerprint density at radius 3 is 2.50 bits per heavy atom. The average Bonchev–Trinajstić information content (AvgIpc) is 3.14. The number of esters is 1. The van der Waals surface area contributed by atoms with Crippen LogP contribution in [0, 0.1) is 20.8 Å². The van der Waals surface area contributed by atoms with E-state index in [1.165, 1.54) is 0 Å². The highest BCUT2D eigenvalue weighted by Gasteiger charge is 2.20. The minimum absolute atomic E-state index is 0.323. The van der Waals surface area contributed by atoms with Crippen molar-refractivity contribution in [2.45, 2.75) is 20.8 Å². The second kappa shape index (κ2) is 9.82. The number of nitrogens with zero attached hydrogens (tertiary/aromatic N) is 1. The fourth-order valence-electron chi connectivity index (χ4n) is 3.93. The van der Waals surface area contributed by atoms with Gasteiger partial charge in [0, 0.05) is 34.3 Å². The number of benzene rings is 2. The van der Waals surface area contributed by atoms with Crippen molar-refractivity contribution in [1.29, 1.82) is 0 Å². The Bertz CT molecular complexity index is 1260. The summed E-state index contributed by atoms with van der Waals surface area (Å²) in [5.41, 5.74) is 4.28. The molecule has 1 aliphatic heterocycles. The number of aryl methyl sites for hydroxylation is 2. The molecule has 0 aliphatic carbocycles. The van der Waals surface area contributed by atoms with Crippen molar-refractivity contribution in [3.05, 3.63) is 76.6 Å². The first kappa shape index (κ1) is 23.1. The molecule has 0 radical (unpaired) electrons. The summed E-state index contributed by atoms with van der Waals surface area (Å²) in [6.07, 6.45) is 0. The van der Waals surface area contributed by atoms with Crippen LogP contribution in [0.1, 0.15) is 37.7 Å². The molecule has 2 aromatic carbocycles. The Kier molecular flexibility index (Phi) is 6.67. The minimum atomic E-state index is -0.685. The van der Waals surface area contributed by atoms with Gasteiger partial charge in [-0.1, -0.05) is 17.7 Å². The third-order valence-electron chi connectivity index (χ3n) is 5.55. The van der Waals surface area contributed by atoms with Crippen molar-refractivity contribution < 1.29 is 28.6 Å². The lowest BCUT2D eigenvalue weighted by Crippen LogP contribution is -2.31. The van der Waals surface area contributed by atoms with Crippen molar-refractivity contribution in [3.8, 4) is 17.2 Å². The van der Waals surface area contributed by atoms with Crippen LogP contribution in [-0.4, -0.2) is 48.6 Å². The second-order valence-corrected chi connectivity index (χ2v) is 8.08. The van der Waals surface area contributed by atoms with Gasteiger partial charge in [-0.15, -0.1) is 0 Å². The van der Waals surface area contributed by atoms with Gasteiger partial charge in [-0.2, -0.15) is 0 Å². The molecule has 8 heteroatoms. The van der Waals surface area contributed by atoms with Crippen LogP contribution >= 0.6 is 0 Å². The first-order chi connectivity index (χ1) is 16.3. The average molecular weight is 463 g/mol. The maximum absolute atomic E-state index is 12.8. The first-order valence-corrected chi connectivity index (χ1v) is 11.0. The van der Waals surface area contributed by atoms with E-state index >= 15 is 0 Å². The Labute approximate surface area is 197 Å². The van der Waals surface area contributed by atoms with Gasteiger partial charge in [-0.05, 0) is 51.1 Å². The summed E-state index contributed by atoms with van der Waals surface area (Å²) in [5, 5.41) is 2.51. The molecule has 1 N–H and O–H groups in total. The van der Waals surface area contributed by atoms with Crippen LogP contribution in [0.4, 0.5) is 0 Å². The molecular formula is C26H26N2O6. The summed E-state index contributed by atoms with van der Waals surface area (Å²) in [6.45, 7) is 5.87. The van der Waals surface area contributed by atoms with Gasteiger partial charge in [0.1, 0.15) is 19.8 Å². The smallest absolute Gasteiger partial charge is 0.325 e. The van der Waals surface area contributed by atoms with Gasteiger partial charge in [0.05, 0.1) is 0 Å². The fourth-order valence-corrected chi connectivity index (χ4v) is 3.93. The van der Waals surface area contributed by atoms with E-state index in [2.05, 4.69) is 5.32 Å². The van der Waals surface area contributed by atoms with Gasteiger partial charge in [0.25, 0.3) is 5.91 Å². The molecule has 0 unspecified atom stereocenters. The van der Waals surface area contributed by atoms with E-state index in [9.17, 15) is 14.4 Å². The summed E-state index contributed by atoms with van der Waals surface area (Å²) in [5.74, 6) is -0.0406. The number of rotatable bonds is 7. The number of fused-ring (bicyclic) bond motifs is 1. The standard InChI is InChI=1S/C26H26N2O6/c1-16-5-4-6-19(11-16)26(31)27-14-25(30)34-15-22(29)21-12-17(2)28(18(21)3)20-7-8-23-24(13-20)33-10-9-32-23/h4-8,11-13H,9-10,14-15H2,1-3H3,(H,27,31). The van der Waals surface area contributed by atoms with Crippen molar-refractivity contribution in [3.63, 3.8) is 0 Å². The maximum atomic E-state index is 12.8. The Morgan fingerprint density at radius 2 is 1.74 bits per heavy atom. The zero-order valence-corrected chi connectivity index (χ0v) is 19.3. The van der Waals surface area contributed by atoms with E-state index in [4.69, 9.17) is 14.2 Å². The van der Waals surface area contributed by atoms with Crippen LogP contribution in [0.3, 0.4) is 0 Å². The van der Waals surface area contributed by atoms with Crippen molar-refractivity contribution in [2.24, 2.45) is 0 Å². The molecule has 1 aromatic heterocycles. The van der Waals surface area contributed by atoms with Crippen LogP contribution < -0.4 is 14.8 Å². The number of hydrogen-bond acceptors (Lipinski definition) is 6. The van der Waals surface area contributed by atoms with Crippen molar-refractivity contribution in [1.82, 2.24) is 9.88 Å². The predicted octanol–water partition coefficient (Wildman–Crippen LogP) is 3.33. The first-order valence-electron chi connectivity index (χ1n) is 11.0. The largest absolute Gasteiger partial charge is 0.486 e. The summed E-state index contributed by atoms with van der Waals surface area (Å²) < 4.78 is 18.3. The molecule has 0 saturated carbocycles. The molecule has 1 aliphatic rings. The summed E-state index contributed by atoms with van der Waals surface area (Å²) >= 11 is 0. The lowest BCUT2D eigenvalue weighted by Gasteiger charge is -2.20. The molecule has 2 heterocycles. The predicted molar refractivity (Wildman–Crippen MR) is 125 cm³/mol. The van der Waals surface area contributed by atoms with E-state index in [1.54, 1.807) is 24.3 Å². The van der Waals surface area contributed by atoms with Crippen LogP contribution in [0.5, 0.6) is 11.5 Å². The number of nitrogens with one attached hydrogen (secondary N) is 1. The monoisotopic (exact) mass is 462 g/mol. The molecule has 0 bridgehead atoms. The normalized spacial score (nSPS) is 12.2.